The standard InChI is InChI=1S/C51H69N7O11/c1-29(2)26-56-16-14-51(15-17-56)53-42-39-40-45(63)32(5)47-41(39)48(65)50(6,69-47)67-22-9-8-13-35(68-38(62)25-37(61)58-20-18-57(19-21-58)33-27-55(7)28-33)23-34(59)24-36(60)30(3)11-10-12-31(4)49(66)52-44(46(40)64)43(42)54-51/h9-12,22,29-30,33-36,59-60,63-64H,8,13-21,23-28H2,1-7H3,(H,52,66)/b11-10+,22-9+,31-12-/t30?,34?,35-,36-,50+/m1/s1. The first-order valence-electron chi connectivity index (χ1n) is 24.5. The van der Waals surface area contributed by atoms with E-state index in [0.29, 0.717) is 51.0 Å². The Morgan fingerprint density at radius 1 is 0.971 bits per heavy atom. The highest BCUT2D eigenvalue weighted by Crippen LogP contribution is 2.50. The average Bonchev–Trinajstić information content (AvgIpc) is 3.79. The quantitative estimate of drug-likeness (QED) is 0.159. The summed E-state index contributed by atoms with van der Waals surface area (Å²) in [6, 6.07) is 0.484. The van der Waals surface area contributed by atoms with Gasteiger partial charge in [-0.05, 0) is 52.2 Å². The fraction of sp³-hybridized carbons (Fsp3) is 0.608. The predicted molar refractivity (Wildman–Crippen MR) is 256 cm³/mol. The third-order valence-electron chi connectivity index (χ3n) is 14.6. The number of rotatable bonds is 6. The van der Waals surface area contributed by atoms with Crippen molar-refractivity contribution in [3.63, 3.8) is 0 Å². The minimum absolute atomic E-state index is 0.0202. The first kappa shape index (κ1) is 50.0. The van der Waals surface area contributed by atoms with Crippen LogP contribution in [0, 0.1) is 18.8 Å². The van der Waals surface area contributed by atoms with Crippen molar-refractivity contribution in [2.24, 2.45) is 21.8 Å². The highest BCUT2D eigenvalue weighted by atomic mass is 16.7. The van der Waals surface area contributed by atoms with Gasteiger partial charge < -0.3 is 54.7 Å². The van der Waals surface area contributed by atoms with E-state index in [2.05, 4.69) is 40.9 Å². The van der Waals surface area contributed by atoms with Crippen molar-refractivity contribution < 1.29 is 53.8 Å². The van der Waals surface area contributed by atoms with Crippen molar-refractivity contribution in [3.8, 4) is 17.2 Å². The van der Waals surface area contributed by atoms with E-state index in [0.717, 1.165) is 32.7 Å². The molecule has 18 nitrogen and oxygen atoms in total. The molecule has 2 aromatic carbocycles. The van der Waals surface area contributed by atoms with Gasteiger partial charge in [-0.3, -0.25) is 34.1 Å². The Balaban J connectivity index is 1.08. The van der Waals surface area contributed by atoms with Gasteiger partial charge in [0.05, 0.1) is 34.8 Å². The molecule has 2 unspecified atom stereocenters. The minimum atomic E-state index is -1.92. The Hall–Kier alpha value is -5.40. The highest BCUT2D eigenvalue weighted by Gasteiger charge is 2.50. The number of anilines is 1. The van der Waals surface area contributed by atoms with Crippen molar-refractivity contribution in [1.29, 1.82) is 0 Å². The largest absolute Gasteiger partial charge is 0.507 e. The molecule has 2 aromatic rings. The number of hydrogen-bond acceptors (Lipinski definition) is 16. The number of carbonyl (C=O) groups excluding carboxylic acids is 4. The number of nitrogens with zero attached hydrogens (tertiary/aromatic N) is 6. The topological polar surface area (TPSA) is 227 Å². The third kappa shape index (κ3) is 10.4. The number of ether oxygens (including phenoxy) is 3. The maximum Gasteiger partial charge on any atom is 0.315 e. The van der Waals surface area contributed by atoms with Crippen LogP contribution in [0.4, 0.5) is 5.69 Å². The monoisotopic (exact) mass is 956 g/mol. The Bertz CT molecular complexity index is 2570. The van der Waals surface area contributed by atoms with Gasteiger partial charge in [0.25, 0.3) is 11.7 Å². The summed E-state index contributed by atoms with van der Waals surface area (Å²) < 4.78 is 18.2. The van der Waals surface area contributed by atoms with Gasteiger partial charge in [0.1, 0.15) is 35.1 Å². The Labute approximate surface area is 403 Å². The van der Waals surface area contributed by atoms with Crippen LogP contribution in [0.1, 0.15) is 95.5 Å². The molecule has 7 aliphatic heterocycles. The van der Waals surface area contributed by atoms with Crippen molar-refractivity contribution in [1.82, 2.24) is 19.6 Å². The third-order valence-corrected chi connectivity index (χ3v) is 14.6. The average molecular weight is 956 g/mol. The number of benzene rings is 2. The van der Waals surface area contributed by atoms with Crippen molar-refractivity contribution in [2.45, 2.75) is 122 Å². The van der Waals surface area contributed by atoms with Crippen LogP contribution in [0.15, 0.2) is 46.1 Å². The number of piperidine rings is 1. The number of nitrogens with one attached hydrogen (secondary N) is 1. The molecule has 1 spiro atoms. The number of piperazine rings is 1. The number of aliphatic hydroxyl groups is 2. The second-order valence-electron chi connectivity index (χ2n) is 20.5. The number of ketones is 1. The molecule has 374 valence electrons. The molecule has 18 heteroatoms. The van der Waals surface area contributed by atoms with E-state index < -0.39 is 65.5 Å². The predicted octanol–water partition coefficient (Wildman–Crippen LogP) is 3.21. The van der Waals surface area contributed by atoms with Crippen molar-refractivity contribution in [3.05, 3.63) is 58.0 Å². The zero-order valence-corrected chi connectivity index (χ0v) is 41.0. The van der Waals surface area contributed by atoms with Crippen LogP contribution in [-0.2, 0) is 23.9 Å². The van der Waals surface area contributed by atoms with E-state index in [9.17, 15) is 39.6 Å². The van der Waals surface area contributed by atoms with Gasteiger partial charge in [-0.1, -0.05) is 39.0 Å². The molecular formula is C51H69N7O11. The summed E-state index contributed by atoms with van der Waals surface area (Å²) in [5.74, 6) is -4.94. The first-order chi connectivity index (χ1) is 32.8. The van der Waals surface area contributed by atoms with Gasteiger partial charge in [-0.15, -0.1) is 0 Å². The fourth-order valence-corrected chi connectivity index (χ4v) is 10.4. The lowest BCUT2D eigenvalue weighted by Crippen LogP contribution is -2.62. The number of esters is 1. The number of likely N-dealkylation sites (N-methyl/N-ethyl adjacent to an activating group) is 1. The summed E-state index contributed by atoms with van der Waals surface area (Å²) in [5.41, 5.74) is -0.561. The Kier molecular flexibility index (Phi) is 14.6. The molecule has 5 atom stereocenters. The molecule has 0 aromatic heterocycles. The molecule has 7 aliphatic rings. The van der Waals surface area contributed by atoms with E-state index in [1.165, 1.54) is 13.2 Å². The van der Waals surface area contributed by atoms with Crippen LogP contribution in [0.2, 0.25) is 0 Å². The van der Waals surface area contributed by atoms with Gasteiger partial charge in [0, 0.05) is 114 Å². The molecule has 3 fully saturated rings. The fourth-order valence-electron chi connectivity index (χ4n) is 10.4. The molecule has 0 saturated carbocycles. The lowest BCUT2D eigenvalue weighted by atomic mass is 9.93. The van der Waals surface area contributed by atoms with E-state index in [1.807, 2.05) is 0 Å². The molecule has 2 amide bonds. The maximum absolute atomic E-state index is 14.7. The molecule has 9 rings (SSSR count). The second kappa shape index (κ2) is 20.1. The normalized spacial score (nSPS) is 29.1. The van der Waals surface area contributed by atoms with Crippen molar-refractivity contribution in [2.75, 3.05) is 71.3 Å². The molecule has 3 saturated heterocycles. The number of hydrogen-bond donors (Lipinski definition) is 5. The van der Waals surface area contributed by atoms with Gasteiger partial charge >= 0.3 is 11.8 Å². The number of carbonyl (C=O) groups is 4. The first-order valence-corrected chi connectivity index (χ1v) is 24.5. The van der Waals surface area contributed by atoms with Gasteiger partial charge in [0.15, 0.2) is 11.4 Å². The summed E-state index contributed by atoms with van der Waals surface area (Å²) >= 11 is 0. The minimum Gasteiger partial charge on any atom is -0.507 e. The molecule has 5 bridgehead atoms. The smallest absolute Gasteiger partial charge is 0.315 e. The summed E-state index contributed by atoms with van der Waals surface area (Å²) in [7, 11) is 2.08. The van der Waals surface area contributed by atoms with Crippen molar-refractivity contribution >= 4 is 40.0 Å². The molecule has 0 aliphatic carbocycles. The zero-order chi connectivity index (χ0) is 49.5. The van der Waals surface area contributed by atoms with E-state index >= 15 is 0 Å². The summed E-state index contributed by atoms with van der Waals surface area (Å²) in [6.07, 6.45) is 5.93. The van der Waals surface area contributed by atoms with E-state index in [-0.39, 0.29) is 87.0 Å². The molecule has 0 radical (unpaired) electrons. The maximum atomic E-state index is 14.7. The number of likely N-dealkylation sites (tertiary alicyclic amines) is 2. The number of fused-ring (bicyclic) bond motifs is 13. The number of phenols is 2. The number of allylic oxidation sites excluding steroid dienone is 3. The van der Waals surface area contributed by atoms with Gasteiger partial charge in [-0.25, -0.2) is 0 Å². The summed E-state index contributed by atoms with van der Waals surface area (Å²) in [4.78, 5) is 74.2. The molecule has 5 N–H and O–H groups in total. The van der Waals surface area contributed by atoms with Gasteiger partial charge in [-0.2, -0.15) is 0 Å². The summed E-state index contributed by atoms with van der Waals surface area (Å²) in [6.45, 7) is 17.5. The number of amides is 2. The molecular weight excluding hydrogens is 887 g/mol. The molecule has 69 heavy (non-hydrogen) atoms. The van der Waals surface area contributed by atoms with Crippen LogP contribution in [0.5, 0.6) is 17.2 Å². The lowest BCUT2D eigenvalue weighted by Gasteiger charge is -2.46. The van der Waals surface area contributed by atoms with E-state index in [1.54, 1.807) is 50.0 Å². The van der Waals surface area contributed by atoms with Gasteiger partial charge in [0.2, 0.25) is 5.91 Å². The number of Topliss-reactive ketones (excluding diaryl/α,β-unsaturated/α-hetero) is 1. The SMILES string of the molecule is C/C1=C/C=C/C(C)[C@H](O)CC(O)C[C@H](OC(=O)CC(=O)N2CCN(C3CN(C)C3)CC2)CC/C=C/O[C@@]2(C)Oc3c(C)c(O)c4c(O)c(c5c(c4c3C2=O)=NC2(CCN(CC(C)C)CC2)N=5)NC1=O. The van der Waals surface area contributed by atoms with Crippen LogP contribution in [0.25, 0.3) is 10.8 Å². The molecule has 7 heterocycles. The van der Waals surface area contributed by atoms with Crippen LogP contribution < -0.4 is 20.8 Å². The van der Waals surface area contributed by atoms with Crippen LogP contribution in [-0.4, -0.2) is 165 Å². The second-order valence-corrected chi connectivity index (χ2v) is 20.5. The Morgan fingerprint density at radius 3 is 2.35 bits per heavy atom. The van der Waals surface area contributed by atoms with Crippen LogP contribution >= 0.6 is 0 Å². The lowest BCUT2D eigenvalue weighted by molar-refractivity contribution is -0.155. The number of phenolic OH excluding ortho intramolecular Hbond substituents is 2. The number of aromatic hydroxyl groups is 2. The number of aliphatic hydroxyl groups excluding tert-OH is 2. The van der Waals surface area contributed by atoms with E-state index in [4.69, 9.17) is 24.2 Å². The van der Waals surface area contributed by atoms with Crippen LogP contribution in [0.3, 0.4) is 0 Å². The highest BCUT2D eigenvalue weighted by molar-refractivity contribution is 6.19. The Morgan fingerprint density at radius 2 is 1.67 bits per heavy atom. The summed E-state index contributed by atoms with van der Waals surface area (Å²) in [5, 5.41) is 49.6. The zero-order valence-electron chi connectivity index (χ0n) is 41.0.